The Hall–Kier alpha value is -0.0800. The van der Waals surface area contributed by atoms with Gasteiger partial charge in [-0.25, -0.2) is 0 Å². The lowest BCUT2D eigenvalue weighted by Gasteiger charge is -2.28. The molecule has 0 heterocycles. The Labute approximate surface area is 88.3 Å². The predicted octanol–water partition coefficient (Wildman–Crippen LogP) is 2.72. The highest BCUT2D eigenvalue weighted by atomic mass is 16.3. The molecule has 0 spiro atoms. The van der Waals surface area contributed by atoms with Crippen molar-refractivity contribution < 1.29 is 10.2 Å². The molecule has 0 rings (SSSR count). The van der Waals surface area contributed by atoms with E-state index in [4.69, 9.17) is 0 Å². The minimum absolute atomic E-state index is 0.201. The molecule has 0 aromatic carbocycles. The van der Waals surface area contributed by atoms with Gasteiger partial charge in [-0.05, 0) is 38.5 Å². The van der Waals surface area contributed by atoms with Gasteiger partial charge in [0, 0.05) is 0 Å². The molecule has 0 bridgehead atoms. The van der Waals surface area contributed by atoms with E-state index in [0.29, 0.717) is 5.92 Å². The lowest BCUT2D eigenvalue weighted by molar-refractivity contribution is 0.0189. The molecule has 2 heteroatoms. The van der Waals surface area contributed by atoms with Crippen molar-refractivity contribution in [3.63, 3.8) is 0 Å². The summed E-state index contributed by atoms with van der Waals surface area (Å²) in [5.74, 6) is 0.444. The summed E-state index contributed by atoms with van der Waals surface area (Å²) >= 11 is 0. The zero-order valence-electron chi connectivity index (χ0n) is 10.1. The van der Waals surface area contributed by atoms with E-state index in [2.05, 4.69) is 6.92 Å². The standard InChI is InChI=1S/C12H26O2/c1-5-10(8-11(13)6-2)9-12(4,14)7-3/h10-11,13-14H,5-9H2,1-4H3. The average molecular weight is 202 g/mol. The number of aliphatic hydroxyl groups excluding tert-OH is 1. The second kappa shape index (κ2) is 6.41. The van der Waals surface area contributed by atoms with Crippen LogP contribution in [0, 0.1) is 5.92 Å². The molecule has 86 valence electrons. The molecule has 0 aliphatic heterocycles. The Morgan fingerprint density at radius 3 is 2.07 bits per heavy atom. The first kappa shape index (κ1) is 13.9. The highest BCUT2D eigenvalue weighted by molar-refractivity contribution is 4.76. The van der Waals surface area contributed by atoms with Crippen LogP contribution in [0.3, 0.4) is 0 Å². The van der Waals surface area contributed by atoms with E-state index < -0.39 is 5.60 Å². The minimum Gasteiger partial charge on any atom is -0.393 e. The summed E-state index contributed by atoms with van der Waals surface area (Å²) in [7, 11) is 0. The maximum Gasteiger partial charge on any atom is 0.0619 e. The highest BCUT2D eigenvalue weighted by Crippen LogP contribution is 2.26. The Bertz CT molecular complexity index is 143. The van der Waals surface area contributed by atoms with Crippen molar-refractivity contribution in [3.8, 4) is 0 Å². The fraction of sp³-hybridized carbons (Fsp3) is 1.00. The van der Waals surface area contributed by atoms with Crippen LogP contribution in [0.4, 0.5) is 0 Å². The van der Waals surface area contributed by atoms with Crippen LogP contribution in [0.2, 0.25) is 0 Å². The Morgan fingerprint density at radius 2 is 1.71 bits per heavy atom. The van der Waals surface area contributed by atoms with Crippen LogP contribution in [-0.4, -0.2) is 21.9 Å². The molecule has 0 amide bonds. The molecule has 3 atom stereocenters. The van der Waals surface area contributed by atoms with E-state index >= 15 is 0 Å². The zero-order chi connectivity index (χ0) is 11.2. The second-order valence-corrected chi connectivity index (χ2v) is 4.63. The third-order valence-corrected chi connectivity index (χ3v) is 3.14. The first-order chi connectivity index (χ1) is 6.45. The van der Waals surface area contributed by atoms with Crippen LogP contribution in [0.15, 0.2) is 0 Å². The van der Waals surface area contributed by atoms with Crippen molar-refractivity contribution >= 4 is 0 Å². The van der Waals surface area contributed by atoms with Gasteiger partial charge in [0.25, 0.3) is 0 Å². The first-order valence-electron chi connectivity index (χ1n) is 5.85. The lowest BCUT2D eigenvalue weighted by Crippen LogP contribution is -2.28. The molecular weight excluding hydrogens is 176 g/mol. The normalized spacial score (nSPS) is 20.1. The van der Waals surface area contributed by atoms with Crippen LogP contribution in [0.5, 0.6) is 0 Å². The van der Waals surface area contributed by atoms with Gasteiger partial charge < -0.3 is 10.2 Å². The number of rotatable bonds is 7. The molecule has 0 fully saturated rings. The Morgan fingerprint density at radius 1 is 1.14 bits per heavy atom. The molecule has 0 aliphatic carbocycles. The monoisotopic (exact) mass is 202 g/mol. The zero-order valence-corrected chi connectivity index (χ0v) is 10.1. The van der Waals surface area contributed by atoms with E-state index in [1.54, 1.807) is 0 Å². The van der Waals surface area contributed by atoms with Gasteiger partial charge in [0.15, 0.2) is 0 Å². The summed E-state index contributed by atoms with van der Waals surface area (Å²) < 4.78 is 0. The third kappa shape index (κ3) is 5.61. The third-order valence-electron chi connectivity index (χ3n) is 3.14. The SMILES string of the molecule is CCC(O)CC(CC)CC(C)(O)CC. The van der Waals surface area contributed by atoms with Gasteiger partial charge in [-0.3, -0.25) is 0 Å². The fourth-order valence-electron chi connectivity index (χ4n) is 1.71. The van der Waals surface area contributed by atoms with Gasteiger partial charge in [-0.2, -0.15) is 0 Å². The Kier molecular flexibility index (Phi) is 6.38. The molecule has 3 unspecified atom stereocenters. The van der Waals surface area contributed by atoms with E-state index in [1.165, 1.54) is 0 Å². The van der Waals surface area contributed by atoms with Gasteiger partial charge in [-0.15, -0.1) is 0 Å². The van der Waals surface area contributed by atoms with Crippen molar-refractivity contribution in [1.29, 1.82) is 0 Å². The van der Waals surface area contributed by atoms with Gasteiger partial charge >= 0.3 is 0 Å². The number of hydrogen-bond acceptors (Lipinski definition) is 2. The molecule has 0 aromatic heterocycles. The summed E-state index contributed by atoms with van der Waals surface area (Å²) in [6, 6.07) is 0. The van der Waals surface area contributed by atoms with E-state index in [-0.39, 0.29) is 6.10 Å². The maximum atomic E-state index is 9.93. The minimum atomic E-state index is -0.561. The van der Waals surface area contributed by atoms with Crippen LogP contribution in [0.1, 0.15) is 59.8 Å². The van der Waals surface area contributed by atoms with Gasteiger partial charge in [-0.1, -0.05) is 27.2 Å². The maximum absolute atomic E-state index is 9.93. The van der Waals surface area contributed by atoms with Crippen LogP contribution >= 0.6 is 0 Å². The summed E-state index contributed by atoms with van der Waals surface area (Å²) in [5, 5.41) is 19.5. The molecule has 2 N–H and O–H groups in total. The van der Waals surface area contributed by atoms with Crippen molar-refractivity contribution in [2.24, 2.45) is 5.92 Å². The molecule has 2 nitrogen and oxygen atoms in total. The first-order valence-corrected chi connectivity index (χ1v) is 5.85. The lowest BCUT2D eigenvalue weighted by atomic mass is 9.85. The fourth-order valence-corrected chi connectivity index (χ4v) is 1.71. The molecule has 0 saturated carbocycles. The van der Waals surface area contributed by atoms with Crippen molar-refractivity contribution in [3.05, 3.63) is 0 Å². The van der Waals surface area contributed by atoms with Crippen molar-refractivity contribution in [2.45, 2.75) is 71.5 Å². The second-order valence-electron chi connectivity index (χ2n) is 4.63. The number of hydrogen-bond donors (Lipinski definition) is 2. The van der Waals surface area contributed by atoms with Crippen LogP contribution in [0.25, 0.3) is 0 Å². The Balaban J connectivity index is 4.02. The van der Waals surface area contributed by atoms with Crippen molar-refractivity contribution in [1.82, 2.24) is 0 Å². The molecule has 0 aliphatic rings. The van der Waals surface area contributed by atoms with Gasteiger partial charge in [0.05, 0.1) is 11.7 Å². The topological polar surface area (TPSA) is 40.5 Å². The van der Waals surface area contributed by atoms with Gasteiger partial charge in [0.2, 0.25) is 0 Å². The molecular formula is C12H26O2. The molecule has 14 heavy (non-hydrogen) atoms. The average Bonchev–Trinajstić information content (AvgIpc) is 2.16. The molecule has 0 radical (unpaired) electrons. The van der Waals surface area contributed by atoms with E-state index in [0.717, 1.165) is 32.1 Å². The van der Waals surface area contributed by atoms with Gasteiger partial charge in [0.1, 0.15) is 0 Å². The highest BCUT2D eigenvalue weighted by Gasteiger charge is 2.23. The van der Waals surface area contributed by atoms with Crippen molar-refractivity contribution in [2.75, 3.05) is 0 Å². The van der Waals surface area contributed by atoms with Crippen LogP contribution in [-0.2, 0) is 0 Å². The molecule has 0 aromatic rings. The summed E-state index contributed by atoms with van der Waals surface area (Å²) in [4.78, 5) is 0. The largest absolute Gasteiger partial charge is 0.393 e. The predicted molar refractivity (Wildman–Crippen MR) is 60.2 cm³/mol. The van der Waals surface area contributed by atoms with E-state index in [1.807, 2.05) is 20.8 Å². The molecule has 0 saturated heterocycles. The quantitative estimate of drug-likeness (QED) is 0.666. The summed E-state index contributed by atoms with van der Waals surface area (Å²) in [6.45, 7) is 8.01. The van der Waals surface area contributed by atoms with Crippen LogP contribution < -0.4 is 0 Å². The summed E-state index contributed by atoms with van der Waals surface area (Å²) in [5.41, 5.74) is -0.561. The smallest absolute Gasteiger partial charge is 0.0619 e. The summed E-state index contributed by atoms with van der Waals surface area (Å²) in [6.07, 6.45) is 4.05. The number of aliphatic hydroxyl groups is 2. The van der Waals surface area contributed by atoms with E-state index in [9.17, 15) is 10.2 Å².